The van der Waals surface area contributed by atoms with Crippen molar-refractivity contribution in [3.8, 4) is 0 Å². The molecule has 1 aliphatic rings. The molecule has 156 valence electrons. The van der Waals surface area contributed by atoms with E-state index in [1.807, 2.05) is 4.57 Å². The maximum absolute atomic E-state index is 12.7. The van der Waals surface area contributed by atoms with Crippen molar-refractivity contribution in [1.29, 1.82) is 0 Å². The van der Waals surface area contributed by atoms with Gasteiger partial charge in [0.05, 0.1) is 6.33 Å². The highest BCUT2D eigenvalue weighted by atomic mass is 32.2. The van der Waals surface area contributed by atoms with Crippen LogP contribution in [0.1, 0.15) is 0 Å². The lowest BCUT2D eigenvalue weighted by molar-refractivity contribution is 0.591. The van der Waals surface area contributed by atoms with Gasteiger partial charge in [-0.1, -0.05) is 11.8 Å². The summed E-state index contributed by atoms with van der Waals surface area (Å²) in [6.07, 6.45) is 1.55. The molecule has 0 aromatic carbocycles. The predicted molar refractivity (Wildman–Crippen MR) is 110 cm³/mol. The summed E-state index contributed by atoms with van der Waals surface area (Å²) in [6, 6.07) is 0. The van der Waals surface area contributed by atoms with E-state index in [0.717, 1.165) is 9.13 Å². The number of aromatic nitrogens is 8. The van der Waals surface area contributed by atoms with E-state index in [9.17, 15) is 19.2 Å². The van der Waals surface area contributed by atoms with Gasteiger partial charge in [0.25, 0.3) is 11.1 Å². The molecule has 30 heavy (non-hydrogen) atoms. The van der Waals surface area contributed by atoms with Crippen LogP contribution in [0.5, 0.6) is 0 Å². The topological polar surface area (TPSA) is 124 Å². The maximum atomic E-state index is 12.7. The number of rotatable bonds is 2. The van der Waals surface area contributed by atoms with Gasteiger partial charge >= 0.3 is 11.4 Å². The zero-order chi connectivity index (χ0) is 21.5. The third-order valence-electron chi connectivity index (χ3n) is 5.59. The molecule has 4 aromatic heterocycles. The van der Waals surface area contributed by atoms with Crippen molar-refractivity contribution in [2.75, 3.05) is 0 Å². The summed E-state index contributed by atoms with van der Waals surface area (Å²) >= 11 is 1.48. The molecule has 0 amide bonds. The van der Waals surface area contributed by atoms with Crippen molar-refractivity contribution < 1.29 is 0 Å². The maximum Gasteiger partial charge on any atom is 0.332 e. The van der Waals surface area contributed by atoms with Crippen molar-refractivity contribution in [3.05, 3.63) is 48.0 Å². The van der Waals surface area contributed by atoms with Gasteiger partial charge in [0.15, 0.2) is 27.5 Å². The fourth-order valence-electron chi connectivity index (χ4n) is 3.93. The first-order chi connectivity index (χ1) is 14.2. The molecule has 0 saturated carbocycles. The fourth-order valence-corrected chi connectivity index (χ4v) is 5.11. The van der Waals surface area contributed by atoms with Crippen LogP contribution in [-0.2, 0) is 41.3 Å². The summed E-state index contributed by atoms with van der Waals surface area (Å²) in [5.74, 6) is 0. The standard InChI is InChI=1S/C17H18N8O4S/c1-20-11-9(13(26)22(3)16(20)28)24(7-18-11)5-8-6-25-10-12(19-15(25)30-8)21(2)17(29)23(4)14(10)27/h7-8H,5-6H2,1-4H3. The average Bonchev–Trinajstić information content (AvgIpc) is 3.40. The van der Waals surface area contributed by atoms with Crippen molar-refractivity contribution >= 4 is 34.1 Å². The molecule has 1 aliphatic heterocycles. The van der Waals surface area contributed by atoms with E-state index in [1.54, 1.807) is 25.0 Å². The van der Waals surface area contributed by atoms with Crippen LogP contribution in [0, 0.1) is 0 Å². The number of aryl methyl sites for hydroxylation is 2. The van der Waals surface area contributed by atoms with Crippen molar-refractivity contribution in [1.82, 2.24) is 37.4 Å². The van der Waals surface area contributed by atoms with Crippen LogP contribution in [0.4, 0.5) is 0 Å². The number of fused-ring (bicyclic) bond motifs is 4. The van der Waals surface area contributed by atoms with E-state index < -0.39 is 16.9 Å². The van der Waals surface area contributed by atoms with E-state index in [0.29, 0.717) is 40.6 Å². The van der Waals surface area contributed by atoms with Gasteiger partial charge < -0.3 is 9.13 Å². The van der Waals surface area contributed by atoms with Crippen LogP contribution in [0.25, 0.3) is 22.3 Å². The molecule has 1 unspecified atom stereocenters. The largest absolute Gasteiger partial charge is 0.332 e. The molecule has 0 fully saturated rings. The lowest BCUT2D eigenvalue weighted by Crippen LogP contribution is -2.38. The van der Waals surface area contributed by atoms with Gasteiger partial charge in [-0.3, -0.25) is 27.9 Å². The molecular weight excluding hydrogens is 412 g/mol. The second-order valence-corrected chi connectivity index (χ2v) is 8.67. The van der Waals surface area contributed by atoms with Crippen molar-refractivity contribution in [2.24, 2.45) is 28.2 Å². The van der Waals surface area contributed by atoms with Gasteiger partial charge in [-0.2, -0.15) is 0 Å². The number of hydrogen-bond acceptors (Lipinski definition) is 7. The Hall–Kier alpha value is -3.35. The lowest BCUT2D eigenvalue weighted by atomic mass is 10.3. The Morgan fingerprint density at radius 2 is 1.50 bits per heavy atom. The molecular formula is C17H18N8O4S. The number of hydrogen-bond donors (Lipinski definition) is 0. The molecule has 13 heteroatoms. The quantitative estimate of drug-likeness (QED) is 0.373. The Bertz CT molecular complexity index is 1610. The third-order valence-corrected chi connectivity index (χ3v) is 6.74. The SMILES string of the molecule is Cn1c(=O)c2c(ncn2CC2Cn3c(nc4c3c(=O)n(C)c(=O)n4C)S2)n(C)c1=O. The summed E-state index contributed by atoms with van der Waals surface area (Å²) in [7, 11) is 6.05. The number of nitrogens with zero attached hydrogens (tertiary/aromatic N) is 8. The Labute approximate surface area is 171 Å². The smallest absolute Gasteiger partial charge is 0.324 e. The van der Waals surface area contributed by atoms with Gasteiger partial charge in [0, 0.05) is 46.5 Å². The molecule has 0 bridgehead atoms. The van der Waals surface area contributed by atoms with Gasteiger partial charge in [0.2, 0.25) is 0 Å². The Kier molecular flexibility index (Phi) is 3.78. The minimum Gasteiger partial charge on any atom is -0.324 e. The van der Waals surface area contributed by atoms with E-state index in [1.165, 1.54) is 35.0 Å². The van der Waals surface area contributed by atoms with Crippen LogP contribution >= 0.6 is 11.8 Å². The van der Waals surface area contributed by atoms with Gasteiger partial charge in [-0.25, -0.2) is 19.6 Å². The monoisotopic (exact) mass is 430 g/mol. The second-order valence-electron chi connectivity index (χ2n) is 7.40. The normalized spacial score (nSPS) is 16.1. The summed E-state index contributed by atoms with van der Waals surface area (Å²) in [5.41, 5.74) is -0.200. The zero-order valence-electron chi connectivity index (χ0n) is 16.7. The van der Waals surface area contributed by atoms with Crippen LogP contribution in [0.3, 0.4) is 0 Å². The number of thioether (sulfide) groups is 1. The molecule has 0 saturated heterocycles. The molecule has 4 aromatic rings. The Morgan fingerprint density at radius 1 is 0.900 bits per heavy atom. The van der Waals surface area contributed by atoms with Gasteiger partial charge in [-0.15, -0.1) is 0 Å². The minimum atomic E-state index is -0.430. The van der Waals surface area contributed by atoms with Crippen LogP contribution < -0.4 is 22.5 Å². The molecule has 0 N–H and O–H groups in total. The van der Waals surface area contributed by atoms with Gasteiger partial charge in [0.1, 0.15) is 0 Å². The molecule has 0 radical (unpaired) electrons. The summed E-state index contributed by atoms with van der Waals surface area (Å²) in [6.45, 7) is 0.946. The molecule has 0 aliphatic carbocycles. The van der Waals surface area contributed by atoms with Gasteiger partial charge in [-0.05, 0) is 0 Å². The lowest BCUT2D eigenvalue weighted by Gasteiger charge is -2.11. The third kappa shape index (κ3) is 2.29. The molecule has 12 nitrogen and oxygen atoms in total. The summed E-state index contributed by atoms with van der Waals surface area (Å²) in [4.78, 5) is 58.3. The van der Waals surface area contributed by atoms with E-state index >= 15 is 0 Å². The predicted octanol–water partition coefficient (Wildman–Crippen LogP) is -1.64. The fraction of sp³-hybridized carbons (Fsp3) is 0.412. The van der Waals surface area contributed by atoms with E-state index in [2.05, 4.69) is 9.97 Å². The average molecular weight is 430 g/mol. The van der Waals surface area contributed by atoms with Crippen LogP contribution in [0.15, 0.2) is 30.7 Å². The highest BCUT2D eigenvalue weighted by molar-refractivity contribution is 8.00. The molecule has 5 heterocycles. The summed E-state index contributed by atoms with van der Waals surface area (Å²) in [5, 5.41) is 0.649. The zero-order valence-corrected chi connectivity index (χ0v) is 17.5. The van der Waals surface area contributed by atoms with Crippen LogP contribution in [-0.4, -0.2) is 42.6 Å². The van der Waals surface area contributed by atoms with Crippen LogP contribution in [0.2, 0.25) is 0 Å². The first-order valence-electron chi connectivity index (χ1n) is 9.14. The highest BCUT2D eigenvalue weighted by Gasteiger charge is 2.30. The summed E-state index contributed by atoms with van der Waals surface area (Å²) < 4.78 is 8.40. The Balaban J connectivity index is 1.57. The Morgan fingerprint density at radius 3 is 2.17 bits per heavy atom. The first-order valence-corrected chi connectivity index (χ1v) is 10.0. The number of imidazole rings is 2. The molecule has 1 atom stereocenters. The second kappa shape index (κ2) is 6.08. The first kappa shape index (κ1) is 18.7. The van der Waals surface area contributed by atoms with E-state index in [-0.39, 0.29) is 10.8 Å². The molecule has 0 spiro atoms. The highest BCUT2D eigenvalue weighted by Crippen LogP contribution is 2.34. The molecule has 5 rings (SSSR count). The van der Waals surface area contributed by atoms with E-state index in [4.69, 9.17) is 0 Å². The minimum absolute atomic E-state index is 0.00168. The van der Waals surface area contributed by atoms with Crippen molar-refractivity contribution in [2.45, 2.75) is 23.5 Å². The van der Waals surface area contributed by atoms with Crippen molar-refractivity contribution in [3.63, 3.8) is 0 Å².